The summed E-state index contributed by atoms with van der Waals surface area (Å²) in [7, 11) is 1.48. The van der Waals surface area contributed by atoms with Gasteiger partial charge in [-0.05, 0) is 60.5 Å². The number of ketones is 1. The maximum atomic E-state index is 12.9. The van der Waals surface area contributed by atoms with Crippen molar-refractivity contribution in [1.29, 1.82) is 0 Å². The number of nitrogens with zero attached hydrogens (tertiary/aromatic N) is 3. The molecule has 2 amide bonds. The first-order valence-electron chi connectivity index (χ1n) is 12.5. The molecule has 0 saturated heterocycles. The number of carbonyl (C=O) groups excluding carboxylic acids is 3. The van der Waals surface area contributed by atoms with Crippen LogP contribution >= 0.6 is 0 Å². The lowest BCUT2D eigenvalue weighted by Crippen LogP contribution is -2.34. The Morgan fingerprint density at radius 3 is 2.27 bits per heavy atom. The van der Waals surface area contributed by atoms with Crippen LogP contribution in [0.15, 0.2) is 77.0 Å². The standard InChI is InChI=1S/C28H34N8O4/c1-18(37)26(28(39)33-24-5-3-4-6-25(24)40-2)35-34-22-10-8-21(9-11-22)32-27(38)23-12-7-19(13-20(23)14-29)15-36(16-30)17-31/h3-13,26H,14-17,29-31H2,1-2H3,(H,32,38)(H,33,39). The molecule has 3 aromatic rings. The van der Waals surface area contributed by atoms with Gasteiger partial charge in [0.1, 0.15) is 5.75 Å². The molecule has 0 heterocycles. The van der Waals surface area contributed by atoms with Crippen molar-refractivity contribution in [3.8, 4) is 5.75 Å². The summed E-state index contributed by atoms with van der Waals surface area (Å²) in [6.45, 7) is 2.63. The van der Waals surface area contributed by atoms with E-state index < -0.39 is 17.7 Å². The third kappa shape index (κ3) is 8.01. The lowest BCUT2D eigenvalue weighted by molar-refractivity contribution is -0.126. The second-order valence-electron chi connectivity index (χ2n) is 8.81. The van der Waals surface area contributed by atoms with E-state index in [0.29, 0.717) is 53.8 Å². The van der Waals surface area contributed by atoms with E-state index >= 15 is 0 Å². The molecule has 8 N–H and O–H groups in total. The van der Waals surface area contributed by atoms with Gasteiger partial charge in [-0.1, -0.05) is 24.3 Å². The monoisotopic (exact) mass is 546 g/mol. The van der Waals surface area contributed by atoms with E-state index in [9.17, 15) is 14.4 Å². The molecule has 12 nitrogen and oxygen atoms in total. The summed E-state index contributed by atoms with van der Waals surface area (Å²) in [4.78, 5) is 39.6. The number of hydrogen-bond donors (Lipinski definition) is 5. The van der Waals surface area contributed by atoms with Crippen molar-refractivity contribution < 1.29 is 19.1 Å². The fourth-order valence-corrected chi connectivity index (χ4v) is 3.80. The van der Waals surface area contributed by atoms with Crippen LogP contribution < -0.4 is 32.6 Å². The lowest BCUT2D eigenvalue weighted by atomic mass is 10.0. The van der Waals surface area contributed by atoms with Crippen LogP contribution in [0.5, 0.6) is 5.75 Å². The molecule has 0 aliphatic heterocycles. The molecule has 3 rings (SSSR count). The number of amides is 2. The number of Topliss-reactive ketones (excluding diaryl/α,β-unsaturated/α-hetero) is 1. The summed E-state index contributed by atoms with van der Waals surface area (Å²) in [6, 6.07) is 17.4. The highest BCUT2D eigenvalue weighted by molar-refractivity contribution is 6.10. The molecule has 40 heavy (non-hydrogen) atoms. The summed E-state index contributed by atoms with van der Waals surface area (Å²) in [5, 5.41) is 13.5. The van der Waals surface area contributed by atoms with Crippen LogP contribution in [0.25, 0.3) is 0 Å². The van der Waals surface area contributed by atoms with Crippen molar-refractivity contribution in [2.24, 2.45) is 27.4 Å². The molecule has 0 aliphatic carbocycles. The van der Waals surface area contributed by atoms with Crippen molar-refractivity contribution >= 4 is 34.7 Å². The number of benzene rings is 3. The van der Waals surface area contributed by atoms with Crippen LogP contribution in [0.1, 0.15) is 28.4 Å². The van der Waals surface area contributed by atoms with Gasteiger partial charge in [-0.25, -0.2) is 0 Å². The van der Waals surface area contributed by atoms with Gasteiger partial charge in [-0.15, -0.1) is 0 Å². The third-order valence-electron chi connectivity index (χ3n) is 5.97. The molecule has 1 atom stereocenters. The lowest BCUT2D eigenvalue weighted by Gasteiger charge is -2.18. The number of methoxy groups -OCH3 is 1. The molecule has 3 aromatic carbocycles. The quantitative estimate of drug-likeness (QED) is 0.123. The van der Waals surface area contributed by atoms with E-state index in [0.717, 1.165) is 5.56 Å². The molecule has 0 saturated carbocycles. The van der Waals surface area contributed by atoms with Gasteiger partial charge in [-0.3, -0.25) is 19.3 Å². The summed E-state index contributed by atoms with van der Waals surface area (Å²) < 4.78 is 5.22. The minimum atomic E-state index is -1.34. The Labute approximate surface area is 232 Å². The van der Waals surface area contributed by atoms with E-state index in [2.05, 4.69) is 20.9 Å². The number of hydrogen-bond acceptors (Lipinski definition) is 10. The number of anilines is 2. The van der Waals surface area contributed by atoms with E-state index in [1.807, 2.05) is 17.0 Å². The average Bonchev–Trinajstić information content (AvgIpc) is 2.96. The fraction of sp³-hybridized carbons (Fsp3) is 0.250. The first-order valence-corrected chi connectivity index (χ1v) is 12.5. The van der Waals surface area contributed by atoms with Crippen molar-refractivity contribution in [1.82, 2.24) is 4.90 Å². The highest BCUT2D eigenvalue weighted by Gasteiger charge is 2.24. The van der Waals surface area contributed by atoms with Gasteiger partial charge >= 0.3 is 0 Å². The highest BCUT2D eigenvalue weighted by Crippen LogP contribution is 2.24. The number of nitrogens with two attached hydrogens (primary N) is 3. The van der Waals surface area contributed by atoms with E-state index in [-0.39, 0.29) is 12.5 Å². The first-order chi connectivity index (χ1) is 19.3. The zero-order chi connectivity index (χ0) is 29.1. The van der Waals surface area contributed by atoms with Gasteiger partial charge in [0.05, 0.1) is 18.5 Å². The van der Waals surface area contributed by atoms with Crippen molar-refractivity contribution in [2.45, 2.75) is 26.1 Å². The summed E-state index contributed by atoms with van der Waals surface area (Å²) in [5.41, 5.74) is 20.7. The van der Waals surface area contributed by atoms with E-state index in [4.69, 9.17) is 21.9 Å². The van der Waals surface area contributed by atoms with Gasteiger partial charge in [0.2, 0.25) is 6.04 Å². The summed E-state index contributed by atoms with van der Waals surface area (Å²) in [6.07, 6.45) is 0. The van der Waals surface area contributed by atoms with Gasteiger partial charge in [0.15, 0.2) is 5.78 Å². The zero-order valence-corrected chi connectivity index (χ0v) is 22.5. The third-order valence-corrected chi connectivity index (χ3v) is 5.97. The second kappa shape index (κ2) is 14.6. The maximum Gasteiger partial charge on any atom is 0.258 e. The Morgan fingerprint density at radius 1 is 0.950 bits per heavy atom. The molecular formula is C28H34N8O4. The Balaban J connectivity index is 1.67. The van der Waals surface area contributed by atoms with Crippen LogP contribution in [0.4, 0.5) is 17.1 Å². The second-order valence-corrected chi connectivity index (χ2v) is 8.81. The van der Waals surface area contributed by atoms with Crippen LogP contribution in [0.2, 0.25) is 0 Å². The minimum absolute atomic E-state index is 0.184. The Hall–Kier alpha value is -4.49. The van der Waals surface area contributed by atoms with Crippen LogP contribution in [0, 0.1) is 0 Å². The maximum absolute atomic E-state index is 12.9. The number of para-hydroxylation sites is 2. The van der Waals surface area contributed by atoms with Gasteiger partial charge in [0.25, 0.3) is 11.8 Å². The van der Waals surface area contributed by atoms with Crippen LogP contribution in [-0.2, 0) is 22.7 Å². The summed E-state index contributed by atoms with van der Waals surface area (Å²) in [5.74, 6) is -0.974. The molecule has 0 aliphatic rings. The zero-order valence-electron chi connectivity index (χ0n) is 22.5. The number of nitrogens with one attached hydrogen (secondary N) is 2. The van der Waals surface area contributed by atoms with Crippen molar-refractivity contribution in [3.63, 3.8) is 0 Å². The van der Waals surface area contributed by atoms with E-state index in [1.165, 1.54) is 14.0 Å². The molecule has 0 fully saturated rings. The Bertz CT molecular complexity index is 1360. The topological polar surface area (TPSA) is 191 Å². The van der Waals surface area contributed by atoms with Crippen molar-refractivity contribution in [2.75, 3.05) is 31.1 Å². The van der Waals surface area contributed by atoms with Crippen molar-refractivity contribution in [3.05, 3.63) is 83.4 Å². The molecular weight excluding hydrogens is 512 g/mol. The predicted molar refractivity (Wildman–Crippen MR) is 153 cm³/mol. The number of azo groups is 1. The SMILES string of the molecule is COc1ccccc1NC(=O)C(N=Nc1ccc(NC(=O)c2ccc(CN(CN)CN)cc2CN)cc1)C(C)=O. The number of ether oxygens (including phenoxy) is 1. The molecule has 1 unspecified atom stereocenters. The predicted octanol–water partition coefficient (Wildman–Crippen LogP) is 2.72. The van der Waals surface area contributed by atoms with E-state index in [1.54, 1.807) is 54.6 Å². The summed E-state index contributed by atoms with van der Waals surface area (Å²) >= 11 is 0. The smallest absolute Gasteiger partial charge is 0.258 e. The largest absolute Gasteiger partial charge is 0.495 e. The number of rotatable bonds is 13. The first kappa shape index (κ1) is 30.1. The van der Waals surface area contributed by atoms with Gasteiger partial charge in [-0.2, -0.15) is 10.2 Å². The molecule has 0 aromatic heterocycles. The van der Waals surface area contributed by atoms with Crippen LogP contribution in [0.3, 0.4) is 0 Å². The Kier molecular flexibility index (Phi) is 11.0. The minimum Gasteiger partial charge on any atom is -0.495 e. The number of carbonyl (C=O) groups is 3. The molecule has 0 spiro atoms. The Morgan fingerprint density at radius 2 is 1.65 bits per heavy atom. The van der Waals surface area contributed by atoms with Gasteiger partial charge < -0.3 is 32.6 Å². The molecule has 0 bridgehead atoms. The highest BCUT2D eigenvalue weighted by atomic mass is 16.5. The molecule has 0 radical (unpaired) electrons. The normalized spacial score (nSPS) is 11.8. The van der Waals surface area contributed by atoms with Crippen LogP contribution in [-0.4, -0.2) is 49.0 Å². The molecule has 12 heteroatoms. The molecule has 210 valence electrons. The van der Waals surface area contributed by atoms with Gasteiger partial charge in [0, 0.05) is 37.7 Å². The average molecular weight is 547 g/mol. The fourth-order valence-electron chi connectivity index (χ4n) is 3.80.